The molecule has 4 heteroatoms. The fourth-order valence-electron chi connectivity index (χ4n) is 0.161. The first-order valence-electron chi connectivity index (χ1n) is 2.13. The summed E-state index contributed by atoms with van der Waals surface area (Å²) in [6, 6.07) is 0. The van der Waals surface area contributed by atoms with Crippen LogP contribution in [0, 0.1) is 0 Å². The van der Waals surface area contributed by atoms with E-state index in [1.807, 2.05) is 0 Å². The minimum absolute atomic E-state index is 0.125. The van der Waals surface area contributed by atoms with Gasteiger partial charge >= 0.3 is 0 Å². The molecule has 2 N–H and O–H groups in total. The third kappa shape index (κ3) is 1.96. The van der Waals surface area contributed by atoms with Crippen molar-refractivity contribution in [2.45, 2.75) is 5.79 Å². The predicted octanol–water partition coefficient (Wildman–Crippen LogP) is -0.448. The summed E-state index contributed by atoms with van der Waals surface area (Å²) in [5.74, 6) is -1.68. The summed E-state index contributed by atoms with van der Waals surface area (Å²) in [6.07, 6.45) is 0. The second-order valence-electron chi connectivity index (χ2n) is 1.44. The summed E-state index contributed by atoms with van der Waals surface area (Å²) in [6.45, 7) is -0.479. The summed E-state index contributed by atoms with van der Waals surface area (Å²) in [5.41, 5.74) is 0. The lowest BCUT2D eigenvalue weighted by atomic mass is 10.3. The second kappa shape index (κ2) is 3.25. The van der Waals surface area contributed by atoms with E-state index in [1.54, 1.807) is 0 Å². The van der Waals surface area contributed by atoms with Crippen molar-refractivity contribution in [2.24, 2.45) is 0 Å². The topological polar surface area (TPSA) is 49.7 Å². The van der Waals surface area contributed by atoms with Gasteiger partial charge in [-0.2, -0.15) is 0 Å². The number of hydrogen-bond acceptors (Lipinski definition) is 3. The molecule has 0 heterocycles. The van der Waals surface area contributed by atoms with Crippen molar-refractivity contribution in [3.8, 4) is 0 Å². The monoisotopic (exact) mass is 140 g/mol. The molecule has 0 amide bonds. The average molecular weight is 141 g/mol. The van der Waals surface area contributed by atoms with E-state index in [4.69, 9.17) is 21.8 Å². The molecule has 0 aliphatic rings. The van der Waals surface area contributed by atoms with Crippen molar-refractivity contribution >= 4 is 11.6 Å². The Kier molecular flexibility index (Phi) is 3.31. The second-order valence-corrected chi connectivity index (χ2v) is 1.71. The maximum absolute atomic E-state index is 8.83. The zero-order valence-electron chi connectivity index (χ0n) is 4.59. The molecule has 0 bridgehead atoms. The minimum Gasteiger partial charge on any atom is -0.391 e. The highest BCUT2D eigenvalue weighted by Gasteiger charge is 2.22. The molecule has 0 fully saturated rings. The molecular formula is C4H9ClO3. The normalized spacial score (nSPS) is 18.0. The number of ether oxygens (including phenoxy) is 1. The van der Waals surface area contributed by atoms with Crippen LogP contribution in [0.3, 0.4) is 0 Å². The molecule has 50 valence electrons. The first kappa shape index (κ1) is 8.17. The third-order valence-electron chi connectivity index (χ3n) is 0.836. The van der Waals surface area contributed by atoms with Crippen molar-refractivity contribution in [3.05, 3.63) is 0 Å². The van der Waals surface area contributed by atoms with Crippen molar-refractivity contribution in [1.29, 1.82) is 0 Å². The molecule has 0 spiro atoms. The van der Waals surface area contributed by atoms with Gasteiger partial charge in [-0.1, -0.05) is 0 Å². The van der Waals surface area contributed by atoms with Gasteiger partial charge in [0.25, 0.3) is 0 Å². The number of methoxy groups -OCH3 is 1. The van der Waals surface area contributed by atoms with E-state index in [0.29, 0.717) is 0 Å². The van der Waals surface area contributed by atoms with Crippen LogP contribution in [0.25, 0.3) is 0 Å². The Morgan fingerprint density at radius 3 is 2.25 bits per heavy atom. The molecule has 0 aromatic carbocycles. The first-order chi connectivity index (χ1) is 3.68. The molecule has 0 radical (unpaired) electrons. The Labute approximate surface area is 52.8 Å². The van der Waals surface area contributed by atoms with Crippen LogP contribution in [-0.2, 0) is 4.74 Å². The largest absolute Gasteiger partial charge is 0.391 e. The molecule has 0 saturated heterocycles. The molecule has 0 aromatic heterocycles. The van der Waals surface area contributed by atoms with Gasteiger partial charge in [-0.05, 0) is 0 Å². The van der Waals surface area contributed by atoms with Crippen LogP contribution in [0.15, 0.2) is 0 Å². The number of alkyl halides is 1. The van der Waals surface area contributed by atoms with Crippen molar-refractivity contribution in [3.63, 3.8) is 0 Å². The Morgan fingerprint density at radius 2 is 2.25 bits per heavy atom. The van der Waals surface area contributed by atoms with E-state index >= 15 is 0 Å². The van der Waals surface area contributed by atoms with E-state index < -0.39 is 12.4 Å². The molecule has 0 aromatic rings. The van der Waals surface area contributed by atoms with Crippen LogP contribution in [-0.4, -0.2) is 35.6 Å². The van der Waals surface area contributed by atoms with Gasteiger partial charge in [0.1, 0.15) is 0 Å². The third-order valence-corrected chi connectivity index (χ3v) is 1.25. The van der Waals surface area contributed by atoms with Crippen molar-refractivity contribution in [2.75, 3.05) is 19.6 Å². The van der Waals surface area contributed by atoms with Gasteiger partial charge in [0.15, 0.2) is 0 Å². The molecule has 0 rings (SSSR count). The fourth-order valence-corrected chi connectivity index (χ4v) is 0.355. The van der Waals surface area contributed by atoms with E-state index in [0.717, 1.165) is 0 Å². The average Bonchev–Trinajstić information content (AvgIpc) is 1.87. The number of aliphatic hydroxyl groups is 2. The van der Waals surface area contributed by atoms with Gasteiger partial charge in [-0.25, -0.2) is 0 Å². The maximum Gasteiger partial charge on any atom is 0.202 e. The number of halogens is 1. The van der Waals surface area contributed by atoms with E-state index in [1.165, 1.54) is 7.11 Å². The van der Waals surface area contributed by atoms with Crippen LogP contribution in [0.4, 0.5) is 0 Å². The van der Waals surface area contributed by atoms with E-state index in [-0.39, 0.29) is 5.88 Å². The van der Waals surface area contributed by atoms with Crippen LogP contribution < -0.4 is 0 Å². The molecule has 0 aliphatic carbocycles. The SMILES string of the molecule is COC(O)(CO)CCl. The zero-order chi connectivity index (χ0) is 6.62. The number of aliphatic hydroxyl groups excluding tert-OH is 1. The predicted molar refractivity (Wildman–Crippen MR) is 29.8 cm³/mol. The maximum atomic E-state index is 8.83. The van der Waals surface area contributed by atoms with Crippen molar-refractivity contribution in [1.82, 2.24) is 0 Å². The Morgan fingerprint density at radius 1 is 1.75 bits per heavy atom. The Balaban J connectivity index is 3.58. The Hall–Kier alpha value is 0.170. The van der Waals surface area contributed by atoms with Gasteiger partial charge in [-0.3, -0.25) is 0 Å². The summed E-state index contributed by atoms with van der Waals surface area (Å²) in [7, 11) is 1.28. The molecule has 1 atom stereocenters. The lowest BCUT2D eigenvalue weighted by Crippen LogP contribution is -2.37. The lowest BCUT2D eigenvalue weighted by Gasteiger charge is -2.19. The fraction of sp³-hybridized carbons (Fsp3) is 1.00. The minimum atomic E-state index is -1.55. The number of rotatable bonds is 3. The molecule has 3 nitrogen and oxygen atoms in total. The van der Waals surface area contributed by atoms with Crippen molar-refractivity contribution < 1.29 is 14.9 Å². The van der Waals surface area contributed by atoms with Gasteiger partial charge in [0.05, 0.1) is 12.5 Å². The van der Waals surface area contributed by atoms with Gasteiger partial charge in [0.2, 0.25) is 5.79 Å². The molecule has 8 heavy (non-hydrogen) atoms. The summed E-state index contributed by atoms with van der Waals surface area (Å²) >= 11 is 5.17. The lowest BCUT2D eigenvalue weighted by molar-refractivity contribution is -0.190. The van der Waals surface area contributed by atoms with E-state index in [9.17, 15) is 0 Å². The standard InChI is InChI=1S/C4H9ClO3/c1-8-4(7,2-5)3-6/h6-7H,2-3H2,1H3. The van der Waals surface area contributed by atoms with Gasteiger partial charge < -0.3 is 14.9 Å². The highest BCUT2D eigenvalue weighted by molar-refractivity contribution is 6.18. The van der Waals surface area contributed by atoms with Crippen LogP contribution in [0.5, 0.6) is 0 Å². The van der Waals surface area contributed by atoms with Gasteiger partial charge in [-0.15, -0.1) is 11.6 Å². The summed E-state index contributed by atoms with van der Waals surface area (Å²) < 4.78 is 4.41. The van der Waals surface area contributed by atoms with Gasteiger partial charge in [0, 0.05) is 7.11 Å². The van der Waals surface area contributed by atoms with Crippen LogP contribution in [0.1, 0.15) is 0 Å². The highest BCUT2D eigenvalue weighted by atomic mass is 35.5. The van der Waals surface area contributed by atoms with Crippen LogP contribution in [0.2, 0.25) is 0 Å². The number of hydrogen-bond donors (Lipinski definition) is 2. The summed E-state index contributed by atoms with van der Waals surface area (Å²) in [5, 5.41) is 17.2. The molecule has 0 saturated carbocycles. The molecule has 0 aliphatic heterocycles. The smallest absolute Gasteiger partial charge is 0.202 e. The molecular weight excluding hydrogens is 131 g/mol. The molecule has 1 unspecified atom stereocenters. The Bertz CT molecular complexity index is 54.0. The quantitative estimate of drug-likeness (QED) is 0.413. The zero-order valence-corrected chi connectivity index (χ0v) is 5.35. The summed E-state index contributed by atoms with van der Waals surface area (Å²) in [4.78, 5) is 0. The van der Waals surface area contributed by atoms with E-state index in [2.05, 4.69) is 4.74 Å². The highest BCUT2D eigenvalue weighted by Crippen LogP contribution is 2.04. The first-order valence-corrected chi connectivity index (χ1v) is 2.66. The van der Waals surface area contributed by atoms with Crippen LogP contribution >= 0.6 is 11.6 Å².